The third-order valence-electron chi connectivity index (χ3n) is 1.29. The first-order chi connectivity index (χ1) is 6.58. The van der Waals surface area contributed by atoms with E-state index in [9.17, 15) is 9.90 Å². The highest BCUT2D eigenvalue weighted by molar-refractivity contribution is 5.81. The van der Waals surface area contributed by atoms with Crippen molar-refractivity contribution in [3.63, 3.8) is 0 Å². The van der Waals surface area contributed by atoms with Gasteiger partial charge in [0.25, 0.3) is 0 Å². The molecule has 82 valence electrons. The lowest BCUT2D eigenvalue weighted by molar-refractivity contribution is -0.354. The van der Waals surface area contributed by atoms with Gasteiger partial charge in [0, 0.05) is 12.7 Å². The van der Waals surface area contributed by atoms with Crippen LogP contribution in [0.2, 0.25) is 0 Å². The summed E-state index contributed by atoms with van der Waals surface area (Å²) >= 11 is 0. The van der Waals surface area contributed by atoms with Gasteiger partial charge in [-0.1, -0.05) is 6.58 Å². The molecule has 0 aromatic heterocycles. The summed E-state index contributed by atoms with van der Waals surface area (Å²) in [5.74, 6) is -2.78. The molecule has 0 bridgehead atoms. The Morgan fingerprint density at radius 2 is 2.14 bits per heavy atom. The van der Waals surface area contributed by atoms with E-state index in [-0.39, 0.29) is 13.2 Å². The third-order valence-corrected chi connectivity index (χ3v) is 1.29. The fourth-order valence-corrected chi connectivity index (χ4v) is 0.756. The monoisotopic (exact) mass is 204 g/mol. The van der Waals surface area contributed by atoms with Gasteiger partial charge in [0.1, 0.15) is 6.61 Å². The van der Waals surface area contributed by atoms with Crippen LogP contribution in [0, 0.1) is 0 Å². The fraction of sp³-hybridized carbons (Fsp3) is 0.667. The molecule has 0 saturated heterocycles. The van der Waals surface area contributed by atoms with Crippen molar-refractivity contribution in [2.24, 2.45) is 0 Å². The Morgan fingerprint density at radius 3 is 2.57 bits per heavy atom. The van der Waals surface area contributed by atoms with Gasteiger partial charge in [-0.25, -0.2) is 4.79 Å². The second-order valence-electron chi connectivity index (χ2n) is 2.41. The summed E-state index contributed by atoms with van der Waals surface area (Å²) < 4.78 is 14.3. The highest BCUT2D eigenvalue weighted by atomic mass is 16.8. The molecule has 0 amide bonds. The molecule has 0 spiro atoms. The Balaban J connectivity index is 4.21. The minimum absolute atomic E-state index is 0.202. The Kier molecular flexibility index (Phi) is 6.11. The summed E-state index contributed by atoms with van der Waals surface area (Å²) in [6.07, 6.45) is 0.940. The predicted molar refractivity (Wildman–Crippen MR) is 49.4 cm³/mol. The van der Waals surface area contributed by atoms with Crippen LogP contribution in [-0.4, -0.2) is 36.9 Å². The lowest BCUT2D eigenvalue weighted by atomic mass is 10.5. The summed E-state index contributed by atoms with van der Waals surface area (Å²) in [5.41, 5.74) is 0. The average molecular weight is 204 g/mol. The molecule has 1 atom stereocenters. The lowest BCUT2D eigenvalue weighted by Gasteiger charge is -2.25. The van der Waals surface area contributed by atoms with Crippen LogP contribution in [0.15, 0.2) is 12.7 Å². The standard InChI is InChI=1S/C9H16O5/c1-4-8(10)14-9(11,13-6-3)7-12-5-2/h4,11H,1,5-7H2,2-3H3. The van der Waals surface area contributed by atoms with E-state index in [1.54, 1.807) is 13.8 Å². The van der Waals surface area contributed by atoms with Gasteiger partial charge < -0.3 is 19.3 Å². The summed E-state index contributed by atoms with van der Waals surface area (Å²) in [5, 5.41) is 9.61. The van der Waals surface area contributed by atoms with Gasteiger partial charge in [0.05, 0.1) is 6.61 Å². The van der Waals surface area contributed by atoms with E-state index in [2.05, 4.69) is 11.3 Å². The van der Waals surface area contributed by atoms with E-state index in [1.165, 1.54) is 0 Å². The highest BCUT2D eigenvalue weighted by Gasteiger charge is 2.32. The van der Waals surface area contributed by atoms with Crippen LogP contribution in [0.25, 0.3) is 0 Å². The number of ether oxygens (including phenoxy) is 3. The number of esters is 1. The van der Waals surface area contributed by atoms with Gasteiger partial charge in [-0.2, -0.15) is 0 Å². The Hall–Kier alpha value is -0.910. The first kappa shape index (κ1) is 13.1. The van der Waals surface area contributed by atoms with Crippen LogP contribution >= 0.6 is 0 Å². The zero-order chi connectivity index (χ0) is 11.0. The molecular weight excluding hydrogens is 188 g/mol. The van der Waals surface area contributed by atoms with E-state index < -0.39 is 11.9 Å². The summed E-state index contributed by atoms with van der Waals surface area (Å²) in [7, 11) is 0. The first-order valence-corrected chi connectivity index (χ1v) is 4.37. The molecule has 0 aliphatic carbocycles. The summed E-state index contributed by atoms with van der Waals surface area (Å²) in [6.45, 7) is 6.99. The quantitative estimate of drug-likeness (QED) is 0.370. The van der Waals surface area contributed by atoms with Crippen molar-refractivity contribution >= 4 is 5.97 Å². The Morgan fingerprint density at radius 1 is 1.50 bits per heavy atom. The van der Waals surface area contributed by atoms with Crippen LogP contribution in [0.5, 0.6) is 0 Å². The number of hydrogen-bond donors (Lipinski definition) is 1. The molecule has 14 heavy (non-hydrogen) atoms. The maximum atomic E-state index is 10.8. The van der Waals surface area contributed by atoms with Crippen molar-refractivity contribution < 1.29 is 24.1 Å². The molecular formula is C9H16O5. The number of carbonyl (C=O) groups is 1. The number of aliphatic hydroxyl groups is 1. The Bertz CT molecular complexity index is 192. The van der Waals surface area contributed by atoms with Crippen LogP contribution < -0.4 is 0 Å². The number of rotatable bonds is 7. The molecule has 1 unspecified atom stereocenters. The van der Waals surface area contributed by atoms with E-state index >= 15 is 0 Å². The number of carbonyl (C=O) groups excluding carboxylic acids is 1. The predicted octanol–water partition coefficient (Wildman–Crippen LogP) is 0.435. The molecule has 5 nitrogen and oxygen atoms in total. The highest BCUT2D eigenvalue weighted by Crippen LogP contribution is 2.10. The molecule has 0 radical (unpaired) electrons. The van der Waals surface area contributed by atoms with Gasteiger partial charge in [0.15, 0.2) is 0 Å². The fourth-order valence-electron chi connectivity index (χ4n) is 0.756. The van der Waals surface area contributed by atoms with Crippen molar-refractivity contribution in [2.75, 3.05) is 19.8 Å². The van der Waals surface area contributed by atoms with Crippen LogP contribution in [-0.2, 0) is 19.0 Å². The van der Waals surface area contributed by atoms with E-state index in [1.807, 2.05) is 0 Å². The topological polar surface area (TPSA) is 65.0 Å². The van der Waals surface area contributed by atoms with E-state index in [0.717, 1.165) is 6.08 Å². The Labute approximate surface area is 83.3 Å². The third kappa shape index (κ3) is 4.96. The van der Waals surface area contributed by atoms with Crippen molar-refractivity contribution in [1.29, 1.82) is 0 Å². The van der Waals surface area contributed by atoms with Crippen LogP contribution in [0.1, 0.15) is 13.8 Å². The maximum absolute atomic E-state index is 10.8. The molecule has 5 heteroatoms. The molecule has 0 aliphatic rings. The second-order valence-corrected chi connectivity index (χ2v) is 2.41. The molecule has 0 aliphatic heterocycles. The zero-order valence-electron chi connectivity index (χ0n) is 8.49. The average Bonchev–Trinajstić information content (AvgIpc) is 2.15. The van der Waals surface area contributed by atoms with Gasteiger partial charge in [-0.15, -0.1) is 0 Å². The van der Waals surface area contributed by atoms with Gasteiger partial charge in [-0.3, -0.25) is 0 Å². The summed E-state index contributed by atoms with van der Waals surface area (Å²) in [4.78, 5) is 10.8. The van der Waals surface area contributed by atoms with E-state index in [4.69, 9.17) is 9.47 Å². The molecule has 0 fully saturated rings. The van der Waals surface area contributed by atoms with Crippen LogP contribution in [0.3, 0.4) is 0 Å². The van der Waals surface area contributed by atoms with Gasteiger partial charge in [-0.05, 0) is 13.8 Å². The summed E-state index contributed by atoms with van der Waals surface area (Å²) in [6, 6.07) is 0. The lowest BCUT2D eigenvalue weighted by Crippen LogP contribution is -2.42. The molecule has 1 N–H and O–H groups in total. The molecule has 0 saturated carbocycles. The van der Waals surface area contributed by atoms with Crippen molar-refractivity contribution in [1.82, 2.24) is 0 Å². The van der Waals surface area contributed by atoms with Crippen molar-refractivity contribution in [2.45, 2.75) is 19.8 Å². The second kappa shape index (κ2) is 6.53. The largest absolute Gasteiger partial charge is 0.403 e. The minimum Gasteiger partial charge on any atom is -0.403 e. The smallest absolute Gasteiger partial charge is 0.351 e. The van der Waals surface area contributed by atoms with Crippen molar-refractivity contribution in [3.8, 4) is 0 Å². The molecule has 0 rings (SSSR count). The molecule has 0 aromatic rings. The van der Waals surface area contributed by atoms with Crippen LogP contribution in [0.4, 0.5) is 0 Å². The first-order valence-electron chi connectivity index (χ1n) is 4.37. The zero-order valence-corrected chi connectivity index (χ0v) is 8.49. The van der Waals surface area contributed by atoms with Gasteiger partial charge >= 0.3 is 11.9 Å². The SMILES string of the molecule is C=CC(=O)OC(O)(COCC)OCC. The molecule has 0 aromatic carbocycles. The normalized spacial score (nSPS) is 14.5. The van der Waals surface area contributed by atoms with E-state index in [0.29, 0.717) is 6.61 Å². The van der Waals surface area contributed by atoms with Gasteiger partial charge in [0.2, 0.25) is 0 Å². The maximum Gasteiger partial charge on any atom is 0.351 e. The van der Waals surface area contributed by atoms with Crippen molar-refractivity contribution in [3.05, 3.63) is 12.7 Å². The molecule has 0 heterocycles. The minimum atomic E-state index is -2.02. The number of hydrogen-bond acceptors (Lipinski definition) is 5.